The standard InChI is InChI=1S/C14H19N5O/c1-19-9-5-13(18-19)14(20)17-8-3-7-16-11-12-4-2-6-15-10-12/h2,4-6,9-10,16H,3,7-8,11H2,1H3,(H,17,20). The summed E-state index contributed by atoms with van der Waals surface area (Å²) in [7, 11) is 1.79. The fourth-order valence-electron chi connectivity index (χ4n) is 1.78. The van der Waals surface area contributed by atoms with Gasteiger partial charge in [-0.25, -0.2) is 0 Å². The van der Waals surface area contributed by atoms with Crippen molar-refractivity contribution in [2.45, 2.75) is 13.0 Å². The van der Waals surface area contributed by atoms with Gasteiger partial charge >= 0.3 is 0 Å². The van der Waals surface area contributed by atoms with E-state index in [1.807, 2.05) is 18.3 Å². The van der Waals surface area contributed by atoms with Crippen molar-refractivity contribution in [3.63, 3.8) is 0 Å². The maximum atomic E-state index is 11.7. The molecule has 20 heavy (non-hydrogen) atoms. The molecule has 0 unspecified atom stereocenters. The summed E-state index contributed by atoms with van der Waals surface area (Å²) in [6.07, 6.45) is 6.23. The van der Waals surface area contributed by atoms with E-state index in [4.69, 9.17) is 0 Å². The lowest BCUT2D eigenvalue weighted by Crippen LogP contribution is -2.27. The molecule has 0 saturated carbocycles. The number of aromatic nitrogens is 3. The number of aryl methyl sites for hydroxylation is 1. The van der Waals surface area contributed by atoms with Crippen molar-refractivity contribution in [2.75, 3.05) is 13.1 Å². The van der Waals surface area contributed by atoms with Gasteiger partial charge in [0.25, 0.3) is 5.91 Å². The van der Waals surface area contributed by atoms with Crippen molar-refractivity contribution in [1.29, 1.82) is 0 Å². The van der Waals surface area contributed by atoms with E-state index in [1.165, 1.54) is 0 Å². The van der Waals surface area contributed by atoms with Gasteiger partial charge in [-0.1, -0.05) is 6.07 Å². The van der Waals surface area contributed by atoms with Crippen molar-refractivity contribution in [1.82, 2.24) is 25.4 Å². The van der Waals surface area contributed by atoms with E-state index in [2.05, 4.69) is 20.7 Å². The molecule has 6 heteroatoms. The Morgan fingerprint density at radius 2 is 2.25 bits per heavy atom. The second kappa shape index (κ2) is 7.40. The number of pyridine rings is 1. The monoisotopic (exact) mass is 273 g/mol. The topological polar surface area (TPSA) is 71.8 Å². The van der Waals surface area contributed by atoms with Gasteiger partial charge in [0.15, 0.2) is 0 Å². The second-order valence-electron chi connectivity index (χ2n) is 4.52. The van der Waals surface area contributed by atoms with E-state index in [0.717, 1.165) is 25.1 Å². The molecule has 2 aromatic rings. The first-order valence-electron chi connectivity index (χ1n) is 6.63. The SMILES string of the molecule is Cn1ccc(C(=O)NCCCNCc2cccnc2)n1. The number of hydrogen-bond donors (Lipinski definition) is 2. The van der Waals surface area contributed by atoms with Crippen molar-refractivity contribution in [3.8, 4) is 0 Å². The van der Waals surface area contributed by atoms with Gasteiger partial charge in [0.1, 0.15) is 5.69 Å². The predicted octanol–water partition coefficient (Wildman–Crippen LogP) is 0.725. The summed E-state index contributed by atoms with van der Waals surface area (Å²) in [5, 5.41) is 10.2. The molecule has 0 saturated heterocycles. The number of nitrogens with one attached hydrogen (secondary N) is 2. The van der Waals surface area contributed by atoms with Gasteiger partial charge in [-0.15, -0.1) is 0 Å². The maximum Gasteiger partial charge on any atom is 0.271 e. The zero-order valence-corrected chi connectivity index (χ0v) is 11.5. The molecule has 0 aliphatic carbocycles. The molecule has 0 radical (unpaired) electrons. The van der Waals surface area contributed by atoms with E-state index in [1.54, 1.807) is 30.2 Å². The van der Waals surface area contributed by atoms with Gasteiger partial charge in [-0.2, -0.15) is 5.10 Å². The first-order chi connectivity index (χ1) is 9.75. The van der Waals surface area contributed by atoms with Gasteiger partial charge in [0.05, 0.1) is 0 Å². The average molecular weight is 273 g/mol. The lowest BCUT2D eigenvalue weighted by molar-refractivity contribution is 0.0947. The third-order valence-corrected chi connectivity index (χ3v) is 2.81. The lowest BCUT2D eigenvalue weighted by atomic mass is 10.3. The minimum absolute atomic E-state index is 0.127. The van der Waals surface area contributed by atoms with Gasteiger partial charge in [0, 0.05) is 38.7 Å². The van der Waals surface area contributed by atoms with Crippen LogP contribution < -0.4 is 10.6 Å². The lowest BCUT2D eigenvalue weighted by Gasteiger charge is -2.05. The third-order valence-electron chi connectivity index (χ3n) is 2.81. The number of carbonyl (C=O) groups excluding carboxylic acids is 1. The van der Waals surface area contributed by atoms with Crippen LogP contribution in [-0.4, -0.2) is 33.8 Å². The molecule has 2 N–H and O–H groups in total. The molecule has 2 aromatic heterocycles. The van der Waals surface area contributed by atoms with Gasteiger partial charge in [-0.3, -0.25) is 14.5 Å². The number of rotatable bonds is 7. The number of nitrogens with zero attached hydrogens (tertiary/aromatic N) is 3. The smallest absolute Gasteiger partial charge is 0.271 e. The van der Waals surface area contributed by atoms with Crippen molar-refractivity contribution in [2.24, 2.45) is 7.05 Å². The van der Waals surface area contributed by atoms with Gasteiger partial charge < -0.3 is 10.6 Å². The van der Waals surface area contributed by atoms with Crippen molar-refractivity contribution < 1.29 is 4.79 Å². The molecule has 0 atom stereocenters. The molecule has 0 spiro atoms. The molecule has 1 amide bonds. The van der Waals surface area contributed by atoms with Crippen LogP contribution in [0.15, 0.2) is 36.8 Å². The predicted molar refractivity (Wildman–Crippen MR) is 76.1 cm³/mol. The summed E-state index contributed by atoms with van der Waals surface area (Å²) < 4.78 is 1.62. The summed E-state index contributed by atoms with van der Waals surface area (Å²) in [5.74, 6) is -0.127. The molecule has 2 rings (SSSR count). The molecule has 0 aromatic carbocycles. The molecular weight excluding hydrogens is 254 g/mol. The summed E-state index contributed by atoms with van der Waals surface area (Å²) in [6, 6.07) is 5.66. The first kappa shape index (κ1) is 14.2. The fraction of sp³-hybridized carbons (Fsp3) is 0.357. The summed E-state index contributed by atoms with van der Waals surface area (Å²) in [5.41, 5.74) is 1.61. The zero-order chi connectivity index (χ0) is 14.2. The van der Waals surface area contributed by atoms with Crippen LogP contribution in [0.5, 0.6) is 0 Å². The Morgan fingerprint density at radius 3 is 2.95 bits per heavy atom. The molecular formula is C14H19N5O. The first-order valence-corrected chi connectivity index (χ1v) is 6.63. The Morgan fingerprint density at radius 1 is 1.35 bits per heavy atom. The summed E-state index contributed by atoms with van der Waals surface area (Å²) in [6.45, 7) is 2.27. The average Bonchev–Trinajstić information content (AvgIpc) is 2.90. The quantitative estimate of drug-likeness (QED) is 0.729. The van der Waals surface area contributed by atoms with Crippen LogP contribution in [0.4, 0.5) is 0 Å². The highest BCUT2D eigenvalue weighted by atomic mass is 16.1. The third kappa shape index (κ3) is 4.47. The van der Waals surface area contributed by atoms with Gasteiger partial charge in [-0.05, 0) is 30.7 Å². The molecule has 0 aliphatic rings. The van der Waals surface area contributed by atoms with E-state index >= 15 is 0 Å². The Labute approximate surface area is 118 Å². The summed E-state index contributed by atoms with van der Waals surface area (Å²) >= 11 is 0. The Hall–Kier alpha value is -2.21. The van der Waals surface area contributed by atoms with Crippen LogP contribution >= 0.6 is 0 Å². The summed E-state index contributed by atoms with van der Waals surface area (Å²) in [4.78, 5) is 15.7. The van der Waals surface area contributed by atoms with Crippen molar-refractivity contribution in [3.05, 3.63) is 48.0 Å². The van der Waals surface area contributed by atoms with Crippen LogP contribution in [0.3, 0.4) is 0 Å². The number of amides is 1. The van der Waals surface area contributed by atoms with Crippen LogP contribution in [-0.2, 0) is 13.6 Å². The van der Waals surface area contributed by atoms with Crippen LogP contribution in [0.25, 0.3) is 0 Å². The maximum absolute atomic E-state index is 11.7. The number of carbonyl (C=O) groups is 1. The molecule has 0 fully saturated rings. The van der Waals surface area contributed by atoms with E-state index in [9.17, 15) is 4.79 Å². The molecule has 106 valence electrons. The largest absolute Gasteiger partial charge is 0.351 e. The van der Waals surface area contributed by atoms with Crippen LogP contribution in [0, 0.1) is 0 Å². The molecule has 2 heterocycles. The van der Waals surface area contributed by atoms with Gasteiger partial charge in [0.2, 0.25) is 0 Å². The minimum atomic E-state index is -0.127. The molecule has 0 bridgehead atoms. The number of hydrogen-bond acceptors (Lipinski definition) is 4. The minimum Gasteiger partial charge on any atom is -0.351 e. The van der Waals surface area contributed by atoms with E-state index < -0.39 is 0 Å². The van der Waals surface area contributed by atoms with Crippen LogP contribution in [0.1, 0.15) is 22.5 Å². The molecule has 6 nitrogen and oxygen atoms in total. The second-order valence-corrected chi connectivity index (χ2v) is 4.52. The Kier molecular flexibility index (Phi) is 5.25. The highest BCUT2D eigenvalue weighted by Crippen LogP contribution is 1.95. The zero-order valence-electron chi connectivity index (χ0n) is 11.5. The van der Waals surface area contributed by atoms with Crippen molar-refractivity contribution >= 4 is 5.91 Å². The van der Waals surface area contributed by atoms with E-state index in [-0.39, 0.29) is 5.91 Å². The Bertz CT molecular complexity index is 538. The van der Waals surface area contributed by atoms with Crippen LogP contribution in [0.2, 0.25) is 0 Å². The fourth-order valence-corrected chi connectivity index (χ4v) is 1.78. The molecule has 0 aliphatic heterocycles. The Balaban J connectivity index is 1.57. The van der Waals surface area contributed by atoms with E-state index in [0.29, 0.717) is 12.2 Å². The highest BCUT2D eigenvalue weighted by molar-refractivity contribution is 5.92. The normalized spacial score (nSPS) is 10.4. The highest BCUT2D eigenvalue weighted by Gasteiger charge is 2.06.